The molecule has 0 fully saturated rings. The topological polar surface area (TPSA) is 50.2 Å². The number of hydrogen-bond donors (Lipinski definition) is 1. The standard InChI is InChI=1S/C27H37FN4O/c1-5-13-31(27(33)22-9-8-10-23(28)16-22)19-26-30-24-15-21(18-29-17-20(4)7-3)11-12-25(24)32(26)14-6-2/h8-12,15-16,20,29H,5-7,13-14,17-19H2,1-4H3. The number of nitrogens with zero attached hydrogens (tertiary/aromatic N) is 3. The Morgan fingerprint density at radius 3 is 2.67 bits per heavy atom. The zero-order valence-electron chi connectivity index (χ0n) is 20.4. The van der Waals surface area contributed by atoms with Crippen molar-refractivity contribution in [1.82, 2.24) is 19.8 Å². The van der Waals surface area contributed by atoms with Crippen LogP contribution in [0.3, 0.4) is 0 Å². The van der Waals surface area contributed by atoms with Gasteiger partial charge in [-0.05, 0) is 61.2 Å². The maximum absolute atomic E-state index is 13.7. The number of carbonyl (C=O) groups excluding carboxylic acids is 1. The maximum Gasteiger partial charge on any atom is 0.254 e. The lowest BCUT2D eigenvalue weighted by molar-refractivity contribution is 0.0736. The molecule has 178 valence electrons. The first-order chi connectivity index (χ1) is 16.0. The highest BCUT2D eigenvalue weighted by Gasteiger charge is 2.20. The summed E-state index contributed by atoms with van der Waals surface area (Å²) >= 11 is 0. The van der Waals surface area contributed by atoms with Crippen LogP contribution in [-0.2, 0) is 19.6 Å². The van der Waals surface area contributed by atoms with Gasteiger partial charge in [-0.15, -0.1) is 0 Å². The highest BCUT2D eigenvalue weighted by molar-refractivity contribution is 5.94. The van der Waals surface area contributed by atoms with Gasteiger partial charge in [-0.3, -0.25) is 4.79 Å². The van der Waals surface area contributed by atoms with Crippen LogP contribution < -0.4 is 5.32 Å². The molecule has 1 unspecified atom stereocenters. The van der Waals surface area contributed by atoms with E-state index in [-0.39, 0.29) is 5.91 Å². The summed E-state index contributed by atoms with van der Waals surface area (Å²) in [7, 11) is 0. The molecule has 0 spiro atoms. The molecule has 3 aromatic rings. The Hall–Kier alpha value is -2.73. The normalized spacial score (nSPS) is 12.3. The first-order valence-corrected chi connectivity index (χ1v) is 12.2. The molecule has 0 aliphatic heterocycles. The van der Waals surface area contributed by atoms with E-state index in [1.807, 2.05) is 6.92 Å². The number of imidazole rings is 1. The minimum absolute atomic E-state index is 0.165. The predicted molar refractivity (Wildman–Crippen MR) is 133 cm³/mol. The van der Waals surface area contributed by atoms with Crippen LogP contribution in [0.2, 0.25) is 0 Å². The number of benzene rings is 2. The van der Waals surface area contributed by atoms with Crippen molar-refractivity contribution >= 4 is 16.9 Å². The zero-order valence-corrected chi connectivity index (χ0v) is 20.4. The molecule has 0 saturated heterocycles. The molecule has 0 aliphatic carbocycles. The number of halogens is 1. The number of amides is 1. The van der Waals surface area contributed by atoms with Crippen LogP contribution in [0.1, 0.15) is 68.7 Å². The van der Waals surface area contributed by atoms with E-state index in [1.165, 1.54) is 24.1 Å². The molecular formula is C27H37FN4O. The van der Waals surface area contributed by atoms with Crippen LogP contribution in [-0.4, -0.2) is 33.4 Å². The van der Waals surface area contributed by atoms with Gasteiger partial charge in [0.05, 0.1) is 17.6 Å². The van der Waals surface area contributed by atoms with Gasteiger partial charge in [-0.2, -0.15) is 0 Å². The van der Waals surface area contributed by atoms with Gasteiger partial charge >= 0.3 is 0 Å². The molecule has 2 aromatic carbocycles. The van der Waals surface area contributed by atoms with E-state index in [0.717, 1.165) is 49.3 Å². The van der Waals surface area contributed by atoms with Crippen LogP contribution >= 0.6 is 0 Å². The lowest BCUT2D eigenvalue weighted by atomic mass is 10.1. The molecule has 1 amide bonds. The molecule has 3 rings (SSSR count). The third kappa shape index (κ3) is 6.41. The summed E-state index contributed by atoms with van der Waals surface area (Å²) < 4.78 is 15.9. The van der Waals surface area contributed by atoms with Crippen LogP contribution in [0.15, 0.2) is 42.5 Å². The third-order valence-corrected chi connectivity index (χ3v) is 6.04. The number of aromatic nitrogens is 2. The van der Waals surface area contributed by atoms with E-state index >= 15 is 0 Å². The van der Waals surface area contributed by atoms with Crippen molar-refractivity contribution in [3.8, 4) is 0 Å². The smallest absolute Gasteiger partial charge is 0.254 e. The van der Waals surface area contributed by atoms with Crippen molar-refractivity contribution in [2.24, 2.45) is 5.92 Å². The number of hydrogen-bond acceptors (Lipinski definition) is 3. The fourth-order valence-electron chi connectivity index (χ4n) is 4.03. The van der Waals surface area contributed by atoms with Crippen molar-refractivity contribution in [3.63, 3.8) is 0 Å². The van der Waals surface area contributed by atoms with Crippen molar-refractivity contribution in [1.29, 1.82) is 0 Å². The fraction of sp³-hybridized carbons (Fsp3) is 0.481. The van der Waals surface area contributed by atoms with E-state index in [4.69, 9.17) is 4.98 Å². The lowest BCUT2D eigenvalue weighted by Crippen LogP contribution is -2.32. The Morgan fingerprint density at radius 2 is 1.97 bits per heavy atom. The lowest BCUT2D eigenvalue weighted by Gasteiger charge is -2.22. The second kappa shape index (κ2) is 11.9. The zero-order chi connectivity index (χ0) is 23.8. The Morgan fingerprint density at radius 1 is 1.15 bits per heavy atom. The van der Waals surface area contributed by atoms with E-state index in [2.05, 4.69) is 48.9 Å². The summed E-state index contributed by atoms with van der Waals surface area (Å²) in [6.45, 7) is 12.3. The van der Waals surface area contributed by atoms with E-state index in [0.29, 0.717) is 24.6 Å². The van der Waals surface area contributed by atoms with Crippen molar-refractivity contribution < 1.29 is 9.18 Å². The Labute approximate surface area is 197 Å². The SMILES string of the molecule is CCCN(Cc1nc2cc(CNCC(C)CC)ccc2n1CCC)C(=O)c1cccc(F)c1. The van der Waals surface area contributed by atoms with Crippen molar-refractivity contribution in [3.05, 3.63) is 65.2 Å². The minimum atomic E-state index is -0.398. The van der Waals surface area contributed by atoms with Crippen LogP contribution in [0.25, 0.3) is 11.0 Å². The average Bonchev–Trinajstić information content (AvgIpc) is 3.14. The molecule has 0 aliphatic rings. The summed E-state index contributed by atoms with van der Waals surface area (Å²) in [4.78, 5) is 19.9. The van der Waals surface area contributed by atoms with Crippen molar-refractivity contribution in [2.75, 3.05) is 13.1 Å². The molecule has 1 atom stereocenters. The van der Waals surface area contributed by atoms with E-state index in [9.17, 15) is 9.18 Å². The number of aryl methyl sites for hydroxylation is 1. The van der Waals surface area contributed by atoms with Crippen LogP contribution in [0, 0.1) is 11.7 Å². The summed E-state index contributed by atoms with van der Waals surface area (Å²) in [5, 5.41) is 3.53. The van der Waals surface area contributed by atoms with Gasteiger partial charge < -0.3 is 14.8 Å². The van der Waals surface area contributed by atoms with E-state index < -0.39 is 5.82 Å². The molecule has 0 bridgehead atoms. The summed E-state index contributed by atoms with van der Waals surface area (Å²) in [6, 6.07) is 12.4. The predicted octanol–water partition coefficient (Wildman–Crippen LogP) is 5.77. The molecule has 1 heterocycles. The number of fused-ring (bicyclic) bond motifs is 1. The van der Waals surface area contributed by atoms with Gasteiger partial charge in [0.15, 0.2) is 0 Å². The van der Waals surface area contributed by atoms with Crippen LogP contribution in [0.4, 0.5) is 4.39 Å². The quantitative estimate of drug-likeness (QED) is 0.379. The molecule has 0 saturated carbocycles. The molecule has 6 heteroatoms. The van der Waals surface area contributed by atoms with Gasteiger partial charge in [-0.1, -0.05) is 46.2 Å². The third-order valence-electron chi connectivity index (χ3n) is 6.04. The second-order valence-corrected chi connectivity index (χ2v) is 8.88. The van der Waals surface area contributed by atoms with Gasteiger partial charge in [0, 0.05) is 25.2 Å². The molecule has 0 radical (unpaired) electrons. The molecule has 1 aromatic heterocycles. The monoisotopic (exact) mass is 452 g/mol. The van der Waals surface area contributed by atoms with Gasteiger partial charge in [0.2, 0.25) is 0 Å². The largest absolute Gasteiger partial charge is 0.331 e. The van der Waals surface area contributed by atoms with Gasteiger partial charge in [0.25, 0.3) is 5.91 Å². The maximum atomic E-state index is 13.7. The average molecular weight is 453 g/mol. The summed E-state index contributed by atoms with van der Waals surface area (Å²) in [5.74, 6) is 0.963. The molecular weight excluding hydrogens is 415 g/mol. The molecule has 33 heavy (non-hydrogen) atoms. The molecule has 1 N–H and O–H groups in total. The minimum Gasteiger partial charge on any atom is -0.331 e. The first-order valence-electron chi connectivity index (χ1n) is 12.2. The first kappa shape index (κ1) is 24.9. The molecule has 5 nitrogen and oxygen atoms in total. The van der Waals surface area contributed by atoms with Gasteiger partial charge in [-0.25, -0.2) is 9.37 Å². The fourth-order valence-corrected chi connectivity index (χ4v) is 4.03. The Kier molecular flexibility index (Phi) is 9.01. The van der Waals surface area contributed by atoms with Crippen LogP contribution in [0.5, 0.6) is 0 Å². The van der Waals surface area contributed by atoms with Crippen molar-refractivity contribution in [2.45, 2.75) is 66.6 Å². The summed E-state index contributed by atoms with van der Waals surface area (Å²) in [6.07, 6.45) is 2.96. The number of carbonyl (C=O) groups is 1. The Bertz CT molecular complexity index is 1060. The number of rotatable bonds is 12. The van der Waals surface area contributed by atoms with E-state index in [1.54, 1.807) is 17.0 Å². The summed E-state index contributed by atoms with van der Waals surface area (Å²) in [5.41, 5.74) is 3.62. The highest BCUT2D eigenvalue weighted by atomic mass is 19.1. The second-order valence-electron chi connectivity index (χ2n) is 8.88. The number of nitrogens with one attached hydrogen (secondary N) is 1. The van der Waals surface area contributed by atoms with Gasteiger partial charge in [0.1, 0.15) is 11.6 Å². The Balaban J connectivity index is 1.86. The highest BCUT2D eigenvalue weighted by Crippen LogP contribution is 2.21.